The predicted octanol–water partition coefficient (Wildman–Crippen LogP) is 11.9. The lowest BCUT2D eigenvalue weighted by Crippen LogP contribution is -2.14. The minimum absolute atomic E-state index is 0.0707. The average Bonchev–Trinajstić information content (AvgIpc) is 3.73. The first-order valence-electron chi connectivity index (χ1n) is 20.0. The van der Waals surface area contributed by atoms with Crippen LogP contribution in [0.4, 0.5) is 0 Å². The molecule has 0 aromatic carbocycles. The molecule has 6 aromatic heterocycles. The van der Waals surface area contributed by atoms with Crippen molar-refractivity contribution in [3.05, 3.63) is 144 Å². The molecule has 0 bridgehead atoms. The molecule has 320 valence electrons. The molecule has 0 atom stereocenters. The van der Waals surface area contributed by atoms with Crippen LogP contribution in [0.5, 0.6) is 0 Å². The molecule has 6 aromatic rings. The second-order valence-corrected chi connectivity index (χ2v) is 20.8. The fourth-order valence-electron chi connectivity index (χ4n) is 4.16. The largest absolute Gasteiger partial charge is 0.261 e. The van der Waals surface area contributed by atoms with Crippen LogP contribution in [0.2, 0.25) is 0 Å². The quantitative estimate of drug-likeness (QED) is 0.146. The highest BCUT2D eigenvalue weighted by molar-refractivity contribution is 7.09. The van der Waals surface area contributed by atoms with Gasteiger partial charge in [0.05, 0.1) is 16.4 Å². The number of pyridine rings is 1. The smallest absolute Gasteiger partial charge is 0.133 e. The zero-order chi connectivity index (χ0) is 45.0. The van der Waals surface area contributed by atoms with E-state index in [4.69, 9.17) is 0 Å². The van der Waals surface area contributed by atoms with Gasteiger partial charge in [0.1, 0.15) is 12.2 Å². The lowest BCUT2D eigenvalue weighted by atomic mass is 9.89. The molecule has 10 nitrogen and oxygen atoms in total. The molecule has 0 aliphatic rings. The molecule has 11 heteroatoms. The standard InChI is InChI=1S/C9H13N.4C8H12N2.C7H11NS/c1-9(2,3)8-6-4-5-7-10-8;1-8(2,3)7-4-9-6-10-5-7;1-8(2,3)7-6-9-4-5-10-7;1-8(2,3)7-9-5-4-6-10-7;1-8(2,3)7-5-4-6-9-10-7;1-7(2,3)6-8-4-5-9-6/h4-7H,1-3H3;4*4-6H,1-3H3;4-5H,1-3H3. The summed E-state index contributed by atoms with van der Waals surface area (Å²) in [6.07, 6.45) is 19.4. The predicted molar refractivity (Wildman–Crippen MR) is 247 cm³/mol. The molecular weight excluding hydrogens is 749 g/mol. The van der Waals surface area contributed by atoms with Crippen LogP contribution in [0.1, 0.15) is 158 Å². The van der Waals surface area contributed by atoms with Gasteiger partial charge in [0.25, 0.3) is 0 Å². The minimum atomic E-state index is 0.0707. The Morgan fingerprint density at radius 2 is 0.932 bits per heavy atom. The molecule has 6 rings (SSSR count). The number of rotatable bonds is 0. The van der Waals surface area contributed by atoms with Gasteiger partial charge in [-0.05, 0) is 41.3 Å². The Hall–Kier alpha value is -4.90. The summed E-state index contributed by atoms with van der Waals surface area (Å²) in [6.45, 7) is 38.5. The van der Waals surface area contributed by atoms with Crippen molar-refractivity contribution in [3.63, 3.8) is 0 Å². The molecule has 0 spiro atoms. The first-order valence-corrected chi connectivity index (χ1v) is 20.9. The summed E-state index contributed by atoms with van der Waals surface area (Å²) < 4.78 is 0. The van der Waals surface area contributed by atoms with Crippen molar-refractivity contribution in [1.82, 2.24) is 50.1 Å². The number of aromatic nitrogens is 10. The Bertz CT molecular complexity index is 1630. The van der Waals surface area contributed by atoms with Crippen molar-refractivity contribution in [2.75, 3.05) is 0 Å². The van der Waals surface area contributed by atoms with E-state index in [1.165, 1.54) is 10.6 Å². The van der Waals surface area contributed by atoms with Crippen LogP contribution in [-0.4, -0.2) is 50.1 Å². The van der Waals surface area contributed by atoms with Gasteiger partial charge in [-0.3, -0.25) is 15.0 Å². The highest BCUT2D eigenvalue weighted by atomic mass is 32.1. The van der Waals surface area contributed by atoms with Gasteiger partial charge in [0.15, 0.2) is 0 Å². The fraction of sp³-hybridized carbons (Fsp3) is 0.500. The summed E-state index contributed by atoms with van der Waals surface area (Å²) in [5.74, 6) is 0.898. The van der Waals surface area contributed by atoms with Gasteiger partial charge in [-0.2, -0.15) is 10.2 Å². The summed E-state index contributed by atoms with van der Waals surface area (Å²) in [5.41, 5.74) is 5.29. The SMILES string of the molecule is CC(C)(C)c1ccccn1.CC(C)(C)c1cccnn1.CC(C)(C)c1cnccn1.CC(C)(C)c1cncnc1.CC(C)(C)c1ncccn1.CC(C)(C)c1nccs1. The summed E-state index contributed by atoms with van der Waals surface area (Å²) in [6, 6.07) is 11.7. The van der Waals surface area contributed by atoms with Crippen LogP contribution in [0.15, 0.2) is 110 Å². The molecule has 0 unspecified atom stereocenters. The first kappa shape index (κ1) is 52.1. The normalized spacial score (nSPS) is 11.6. The lowest BCUT2D eigenvalue weighted by molar-refractivity contribution is 0.545. The number of thiazole rings is 1. The van der Waals surface area contributed by atoms with Crippen molar-refractivity contribution in [2.24, 2.45) is 0 Å². The number of hydrogen-bond acceptors (Lipinski definition) is 11. The summed E-state index contributed by atoms with van der Waals surface area (Å²) in [7, 11) is 0. The third-order valence-electron chi connectivity index (χ3n) is 7.84. The first-order chi connectivity index (χ1) is 27.1. The maximum absolute atomic E-state index is 4.25. The molecule has 0 aliphatic carbocycles. The van der Waals surface area contributed by atoms with E-state index in [2.05, 4.69) is 181 Å². The highest BCUT2D eigenvalue weighted by Gasteiger charge is 2.17. The van der Waals surface area contributed by atoms with E-state index in [0.717, 1.165) is 22.9 Å². The molecule has 59 heavy (non-hydrogen) atoms. The van der Waals surface area contributed by atoms with E-state index in [0.29, 0.717) is 0 Å². The van der Waals surface area contributed by atoms with Crippen LogP contribution in [0.3, 0.4) is 0 Å². The Balaban J connectivity index is 0.000000354. The van der Waals surface area contributed by atoms with Crippen molar-refractivity contribution >= 4 is 11.3 Å². The van der Waals surface area contributed by atoms with Gasteiger partial charge in [-0.15, -0.1) is 11.3 Å². The van der Waals surface area contributed by atoms with Crippen LogP contribution in [0.25, 0.3) is 0 Å². The zero-order valence-electron chi connectivity index (χ0n) is 39.3. The second kappa shape index (κ2) is 23.6. The van der Waals surface area contributed by atoms with Gasteiger partial charge in [0.2, 0.25) is 0 Å². The van der Waals surface area contributed by atoms with Crippen molar-refractivity contribution in [1.29, 1.82) is 0 Å². The van der Waals surface area contributed by atoms with Crippen LogP contribution < -0.4 is 0 Å². The van der Waals surface area contributed by atoms with Crippen LogP contribution >= 0.6 is 11.3 Å². The third kappa shape index (κ3) is 22.7. The molecule has 0 saturated carbocycles. The van der Waals surface area contributed by atoms with Gasteiger partial charge in [-0.1, -0.05) is 131 Å². The van der Waals surface area contributed by atoms with Crippen molar-refractivity contribution in [3.8, 4) is 0 Å². The zero-order valence-corrected chi connectivity index (χ0v) is 40.1. The maximum atomic E-state index is 4.25. The van der Waals surface area contributed by atoms with Gasteiger partial charge in [0, 0.05) is 100 Å². The third-order valence-corrected chi connectivity index (χ3v) is 9.04. The van der Waals surface area contributed by atoms with E-state index in [1.807, 2.05) is 60.5 Å². The maximum Gasteiger partial charge on any atom is 0.133 e. The molecular formula is C48H72N10S. The summed E-state index contributed by atoms with van der Waals surface area (Å²) in [5, 5.41) is 11.0. The van der Waals surface area contributed by atoms with E-state index in [9.17, 15) is 0 Å². The Labute approximate surface area is 360 Å². The van der Waals surface area contributed by atoms with Crippen LogP contribution in [0, 0.1) is 0 Å². The molecule has 0 aliphatic heterocycles. The highest BCUT2D eigenvalue weighted by Crippen LogP contribution is 2.24. The summed E-state index contributed by atoms with van der Waals surface area (Å²) in [4.78, 5) is 32.8. The molecule has 0 saturated heterocycles. The number of nitrogens with zero attached hydrogens (tertiary/aromatic N) is 10. The minimum Gasteiger partial charge on any atom is -0.261 e. The monoisotopic (exact) mass is 821 g/mol. The molecule has 0 amide bonds. The molecule has 6 heterocycles. The molecule has 0 fully saturated rings. The molecule has 0 N–H and O–H groups in total. The van der Waals surface area contributed by atoms with Crippen molar-refractivity contribution in [2.45, 2.75) is 157 Å². The van der Waals surface area contributed by atoms with E-state index < -0.39 is 0 Å². The molecule has 0 radical (unpaired) electrons. The van der Waals surface area contributed by atoms with Crippen molar-refractivity contribution < 1.29 is 0 Å². The number of hydrogen-bond donors (Lipinski definition) is 0. The lowest BCUT2D eigenvalue weighted by Gasteiger charge is -2.16. The van der Waals surface area contributed by atoms with Gasteiger partial charge >= 0.3 is 0 Å². The van der Waals surface area contributed by atoms with E-state index in [-0.39, 0.29) is 32.5 Å². The van der Waals surface area contributed by atoms with Gasteiger partial charge in [-0.25, -0.2) is 24.9 Å². The fourth-order valence-corrected chi connectivity index (χ4v) is 4.89. The van der Waals surface area contributed by atoms with Crippen LogP contribution in [-0.2, 0) is 32.5 Å². The topological polar surface area (TPSA) is 129 Å². The summed E-state index contributed by atoms with van der Waals surface area (Å²) >= 11 is 1.72. The Morgan fingerprint density at radius 3 is 1.22 bits per heavy atom. The van der Waals surface area contributed by atoms with E-state index in [1.54, 1.807) is 54.8 Å². The van der Waals surface area contributed by atoms with E-state index >= 15 is 0 Å². The second-order valence-electron chi connectivity index (χ2n) is 20.0. The Kier molecular flexibility index (Phi) is 20.9. The average molecular weight is 821 g/mol. The Morgan fingerprint density at radius 1 is 0.390 bits per heavy atom. The van der Waals surface area contributed by atoms with Gasteiger partial charge < -0.3 is 0 Å².